The summed E-state index contributed by atoms with van der Waals surface area (Å²) in [7, 11) is 0. The zero-order valence-electron chi connectivity index (χ0n) is 8.18. The standard InChI is InChI=1S/C12H8F3N/c13-9-3-1-7(2-4-9)8-5-10(14)12(15)11(16)6-8/h1-6H,16H2. The van der Waals surface area contributed by atoms with Crippen LogP contribution in [0.4, 0.5) is 18.9 Å². The third-order valence-corrected chi connectivity index (χ3v) is 2.23. The lowest BCUT2D eigenvalue weighted by Gasteiger charge is -2.05. The van der Waals surface area contributed by atoms with Crippen molar-refractivity contribution in [2.45, 2.75) is 0 Å². The summed E-state index contributed by atoms with van der Waals surface area (Å²) in [5, 5.41) is 0. The van der Waals surface area contributed by atoms with E-state index in [1.165, 1.54) is 30.3 Å². The van der Waals surface area contributed by atoms with Gasteiger partial charge in [0.1, 0.15) is 5.82 Å². The summed E-state index contributed by atoms with van der Waals surface area (Å²) >= 11 is 0. The molecule has 2 rings (SSSR count). The van der Waals surface area contributed by atoms with Gasteiger partial charge >= 0.3 is 0 Å². The molecule has 0 atom stereocenters. The van der Waals surface area contributed by atoms with E-state index >= 15 is 0 Å². The van der Waals surface area contributed by atoms with E-state index < -0.39 is 11.6 Å². The third kappa shape index (κ3) is 1.86. The summed E-state index contributed by atoms with van der Waals surface area (Å²) in [6.07, 6.45) is 0. The summed E-state index contributed by atoms with van der Waals surface area (Å²) < 4.78 is 38.7. The first-order valence-corrected chi connectivity index (χ1v) is 4.58. The summed E-state index contributed by atoms with van der Waals surface area (Å²) in [6, 6.07) is 7.77. The summed E-state index contributed by atoms with van der Waals surface area (Å²) in [5.74, 6) is -2.47. The van der Waals surface area contributed by atoms with E-state index in [-0.39, 0.29) is 11.5 Å². The normalized spacial score (nSPS) is 10.4. The van der Waals surface area contributed by atoms with Gasteiger partial charge in [0.05, 0.1) is 5.69 Å². The molecule has 0 aliphatic rings. The van der Waals surface area contributed by atoms with Crippen molar-refractivity contribution in [1.82, 2.24) is 0 Å². The number of hydrogen-bond donors (Lipinski definition) is 1. The Morgan fingerprint density at radius 1 is 0.812 bits per heavy atom. The maximum Gasteiger partial charge on any atom is 0.181 e. The molecule has 0 saturated heterocycles. The molecule has 0 saturated carbocycles. The van der Waals surface area contributed by atoms with Crippen molar-refractivity contribution < 1.29 is 13.2 Å². The Kier molecular flexibility index (Phi) is 2.56. The van der Waals surface area contributed by atoms with Gasteiger partial charge in [-0.1, -0.05) is 12.1 Å². The zero-order chi connectivity index (χ0) is 11.7. The number of benzene rings is 2. The molecule has 1 nitrogen and oxygen atoms in total. The number of hydrogen-bond acceptors (Lipinski definition) is 1. The molecule has 2 aromatic carbocycles. The van der Waals surface area contributed by atoms with Gasteiger partial charge in [0.2, 0.25) is 0 Å². The average Bonchev–Trinajstić information content (AvgIpc) is 2.26. The van der Waals surface area contributed by atoms with Gasteiger partial charge in [-0.15, -0.1) is 0 Å². The van der Waals surface area contributed by atoms with Crippen LogP contribution in [-0.2, 0) is 0 Å². The summed E-state index contributed by atoms with van der Waals surface area (Å²) in [5.41, 5.74) is 6.02. The predicted octanol–water partition coefficient (Wildman–Crippen LogP) is 3.35. The molecule has 16 heavy (non-hydrogen) atoms. The van der Waals surface area contributed by atoms with Crippen molar-refractivity contribution in [3.63, 3.8) is 0 Å². The van der Waals surface area contributed by atoms with Gasteiger partial charge < -0.3 is 5.73 Å². The topological polar surface area (TPSA) is 26.0 Å². The fraction of sp³-hybridized carbons (Fsp3) is 0. The Balaban J connectivity index is 2.52. The molecule has 0 heterocycles. The molecule has 0 amide bonds. The van der Waals surface area contributed by atoms with Gasteiger partial charge in [-0.25, -0.2) is 13.2 Å². The van der Waals surface area contributed by atoms with Gasteiger partial charge in [-0.3, -0.25) is 0 Å². The molecule has 2 aromatic rings. The van der Waals surface area contributed by atoms with Crippen molar-refractivity contribution in [3.8, 4) is 11.1 Å². The van der Waals surface area contributed by atoms with Gasteiger partial charge in [0.15, 0.2) is 11.6 Å². The molecule has 0 radical (unpaired) electrons. The first-order valence-electron chi connectivity index (χ1n) is 4.58. The van der Waals surface area contributed by atoms with E-state index in [0.29, 0.717) is 11.1 Å². The van der Waals surface area contributed by atoms with Crippen LogP contribution in [0.3, 0.4) is 0 Å². The second-order valence-corrected chi connectivity index (χ2v) is 3.37. The lowest BCUT2D eigenvalue weighted by molar-refractivity contribution is 0.512. The molecule has 0 bridgehead atoms. The molecule has 0 aliphatic carbocycles. The minimum Gasteiger partial charge on any atom is -0.396 e. The zero-order valence-corrected chi connectivity index (χ0v) is 8.18. The highest BCUT2D eigenvalue weighted by molar-refractivity contribution is 5.67. The minimum atomic E-state index is -1.06. The van der Waals surface area contributed by atoms with Crippen LogP contribution in [0.15, 0.2) is 36.4 Å². The number of anilines is 1. The Hall–Kier alpha value is -1.97. The molecule has 0 aliphatic heterocycles. The second kappa shape index (κ2) is 3.89. The van der Waals surface area contributed by atoms with E-state index in [9.17, 15) is 13.2 Å². The van der Waals surface area contributed by atoms with Crippen molar-refractivity contribution in [3.05, 3.63) is 53.8 Å². The minimum absolute atomic E-state index is 0.265. The van der Waals surface area contributed by atoms with Gasteiger partial charge in [-0.05, 0) is 35.4 Å². The molecule has 0 unspecified atom stereocenters. The highest BCUT2D eigenvalue weighted by Gasteiger charge is 2.09. The Bertz CT molecular complexity index is 497. The average molecular weight is 223 g/mol. The van der Waals surface area contributed by atoms with Crippen LogP contribution in [0.25, 0.3) is 11.1 Å². The number of nitrogens with two attached hydrogens (primary N) is 1. The molecular formula is C12H8F3N. The SMILES string of the molecule is Nc1cc(-c2ccc(F)cc2)cc(F)c1F. The van der Waals surface area contributed by atoms with Gasteiger partial charge in [-0.2, -0.15) is 0 Å². The smallest absolute Gasteiger partial charge is 0.181 e. The van der Waals surface area contributed by atoms with E-state index in [0.717, 1.165) is 6.07 Å². The van der Waals surface area contributed by atoms with E-state index in [1.54, 1.807) is 0 Å². The highest BCUT2D eigenvalue weighted by atomic mass is 19.2. The predicted molar refractivity (Wildman–Crippen MR) is 56.2 cm³/mol. The molecule has 82 valence electrons. The molecule has 4 heteroatoms. The lowest BCUT2D eigenvalue weighted by atomic mass is 10.0. The maximum absolute atomic E-state index is 13.1. The van der Waals surface area contributed by atoms with E-state index in [1.807, 2.05) is 0 Å². The molecular weight excluding hydrogens is 215 g/mol. The molecule has 2 N–H and O–H groups in total. The first kappa shape index (κ1) is 10.5. The summed E-state index contributed by atoms with van der Waals surface area (Å²) in [4.78, 5) is 0. The molecule has 0 spiro atoms. The number of nitrogen functional groups attached to an aromatic ring is 1. The second-order valence-electron chi connectivity index (χ2n) is 3.37. The van der Waals surface area contributed by atoms with Crippen LogP contribution in [-0.4, -0.2) is 0 Å². The number of halogens is 3. The largest absolute Gasteiger partial charge is 0.396 e. The quantitative estimate of drug-likeness (QED) is 0.737. The fourth-order valence-electron chi connectivity index (χ4n) is 1.42. The Morgan fingerprint density at radius 3 is 2.00 bits per heavy atom. The monoisotopic (exact) mass is 223 g/mol. The van der Waals surface area contributed by atoms with Crippen LogP contribution in [0, 0.1) is 17.5 Å². The first-order chi connectivity index (χ1) is 7.58. The number of rotatable bonds is 1. The van der Waals surface area contributed by atoms with Gasteiger partial charge in [0.25, 0.3) is 0 Å². The molecule has 0 fully saturated rings. The van der Waals surface area contributed by atoms with Crippen LogP contribution >= 0.6 is 0 Å². The van der Waals surface area contributed by atoms with Crippen LogP contribution < -0.4 is 5.73 Å². The fourth-order valence-corrected chi connectivity index (χ4v) is 1.42. The molecule has 0 aromatic heterocycles. The summed E-state index contributed by atoms with van der Waals surface area (Å²) in [6.45, 7) is 0. The van der Waals surface area contributed by atoms with Crippen LogP contribution in [0.1, 0.15) is 0 Å². The Labute approximate surface area is 90.3 Å². The van der Waals surface area contributed by atoms with Crippen molar-refractivity contribution in [2.24, 2.45) is 0 Å². The van der Waals surface area contributed by atoms with Crippen molar-refractivity contribution in [2.75, 3.05) is 5.73 Å². The highest BCUT2D eigenvalue weighted by Crippen LogP contribution is 2.25. The Morgan fingerprint density at radius 2 is 1.44 bits per heavy atom. The van der Waals surface area contributed by atoms with Crippen LogP contribution in [0.2, 0.25) is 0 Å². The third-order valence-electron chi connectivity index (χ3n) is 2.23. The van der Waals surface area contributed by atoms with E-state index in [2.05, 4.69) is 0 Å². The van der Waals surface area contributed by atoms with Crippen LogP contribution in [0.5, 0.6) is 0 Å². The maximum atomic E-state index is 13.1. The lowest BCUT2D eigenvalue weighted by Crippen LogP contribution is -1.95. The van der Waals surface area contributed by atoms with Gasteiger partial charge in [0, 0.05) is 0 Å². The van der Waals surface area contributed by atoms with E-state index in [4.69, 9.17) is 5.73 Å². The van der Waals surface area contributed by atoms with Crippen molar-refractivity contribution in [1.29, 1.82) is 0 Å². The van der Waals surface area contributed by atoms with Crippen molar-refractivity contribution >= 4 is 5.69 Å².